The lowest BCUT2D eigenvalue weighted by Gasteiger charge is -2.22. The smallest absolute Gasteiger partial charge is 0.126 e. The molecule has 0 aliphatic rings. The Morgan fingerprint density at radius 2 is 1.18 bits per heavy atom. The minimum Gasteiger partial charge on any atom is -0.496 e. The first-order valence-electron chi connectivity index (χ1n) is 7.92. The van der Waals surface area contributed by atoms with E-state index in [1.54, 1.807) is 7.11 Å². The van der Waals surface area contributed by atoms with Gasteiger partial charge in [-0.3, -0.25) is 0 Å². The molecule has 0 amide bonds. The second kappa shape index (κ2) is 5.79. The Balaban J connectivity index is 2.44. The van der Waals surface area contributed by atoms with Crippen molar-refractivity contribution in [2.24, 2.45) is 0 Å². The highest BCUT2D eigenvalue weighted by Gasteiger charge is 2.17. The standard InChI is InChI=1S/C21H28O/c1-20(2,3)16-10-8-15(9-11-16)18-13-12-17(21(4,5)6)14-19(18)22-7/h8-14H,1-7H3. The Bertz CT molecular complexity index is 637. The van der Waals surface area contributed by atoms with Crippen molar-refractivity contribution in [3.05, 3.63) is 53.6 Å². The van der Waals surface area contributed by atoms with Gasteiger partial charge in [0.1, 0.15) is 5.75 Å². The summed E-state index contributed by atoms with van der Waals surface area (Å²) in [4.78, 5) is 0. The van der Waals surface area contributed by atoms with Crippen molar-refractivity contribution in [1.29, 1.82) is 0 Å². The second-order valence-electron chi connectivity index (χ2n) is 7.99. The molecular formula is C21H28O. The molecule has 0 bridgehead atoms. The van der Waals surface area contributed by atoms with E-state index in [1.807, 2.05) is 0 Å². The van der Waals surface area contributed by atoms with Gasteiger partial charge in [0, 0.05) is 5.56 Å². The van der Waals surface area contributed by atoms with Crippen molar-refractivity contribution in [1.82, 2.24) is 0 Å². The van der Waals surface area contributed by atoms with E-state index in [1.165, 1.54) is 16.7 Å². The summed E-state index contributed by atoms with van der Waals surface area (Å²) in [5.41, 5.74) is 5.29. The van der Waals surface area contributed by atoms with Crippen LogP contribution in [0.25, 0.3) is 11.1 Å². The number of hydrogen-bond acceptors (Lipinski definition) is 1. The van der Waals surface area contributed by atoms with Crippen molar-refractivity contribution >= 4 is 0 Å². The lowest BCUT2D eigenvalue weighted by molar-refractivity contribution is 0.414. The molecule has 2 aromatic carbocycles. The summed E-state index contributed by atoms with van der Waals surface area (Å²) >= 11 is 0. The van der Waals surface area contributed by atoms with Gasteiger partial charge in [-0.25, -0.2) is 0 Å². The average Bonchev–Trinajstić information content (AvgIpc) is 2.45. The van der Waals surface area contributed by atoms with E-state index in [0.717, 1.165) is 11.3 Å². The summed E-state index contributed by atoms with van der Waals surface area (Å²) in [5, 5.41) is 0. The Morgan fingerprint density at radius 3 is 1.64 bits per heavy atom. The van der Waals surface area contributed by atoms with Crippen LogP contribution in [-0.2, 0) is 10.8 Å². The summed E-state index contributed by atoms with van der Waals surface area (Å²) in [6.07, 6.45) is 0. The minimum absolute atomic E-state index is 0.127. The van der Waals surface area contributed by atoms with Crippen LogP contribution in [0, 0.1) is 0 Å². The van der Waals surface area contributed by atoms with Crippen molar-refractivity contribution in [2.45, 2.75) is 52.4 Å². The van der Waals surface area contributed by atoms with Crippen molar-refractivity contribution in [3.63, 3.8) is 0 Å². The van der Waals surface area contributed by atoms with Gasteiger partial charge < -0.3 is 4.74 Å². The summed E-state index contributed by atoms with van der Waals surface area (Å²) in [6.45, 7) is 13.4. The molecule has 0 atom stereocenters. The van der Waals surface area contributed by atoms with Gasteiger partial charge in [0.05, 0.1) is 7.11 Å². The summed E-state index contributed by atoms with van der Waals surface area (Å²) in [5.74, 6) is 0.941. The number of ether oxygens (including phenoxy) is 1. The van der Waals surface area contributed by atoms with Crippen LogP contribution in [0.4, 0.5) is 0 Å². The largest absolute Gasteiger partial charge is 0.496 e. The number of hydrogen-bond donors (Lipinski definition) is 0. The normalized spacial score (nSPS) is 12.3. The van der Waals surface area contributed by atoms with E-state index in [-0.39, 0.29) is 10.8 Å². The van der Waals surface area contributed by atoms with Gasteiger partial charge in [0.2, 0.25) is 0 Å². The zero-order chi connectivity index (χ0) is 16.5. The van der Waals surface area contributed by atoms with Gasteiger partial charge in [-0.1, -0.05) is 77.9 Å². The fourth-order valence-corrected chi connectivity index (χ4v) is 2.55. The van der Waals surface area contributed by atoms with Crippen molar-refractivity contribution < 1.29 is 4.74 Å². The van der Waals surface area contributed by atoms with E-state index in [2.05, 4.69) is 84.0 Å². The molecule has 0 aromatic heterocycles. The SMILES string of the molecule is COc1cc(C(C)(C)C)ccc1-c1ccc(C(C)(C)C)cc1. The van der Waals surface area contributed by atoms with Gasteiger partial charge in [-0.05, 0) is 33.6 Å². The molecule has 0 N–H and O–H groups in total. The molecule has 0 aliphatic carbocycles. The monoisotopic (exact) mass is 296 g/mol. The van der Waals surface area contributed by atoms with Gasteiger partial charge in [0.15, 0.2) is 0 Å². The van der Waals surface area contributed by atoms with Crippen LogP contribution in [0.2, 0.25) is 0 Å². The van der Waals surface area contributed by atoms with E-state index < -0.39 is 0 Å². The van der Waals surface area contributed by atoms with Crippen LogP contribution in [0.5, 0.6) is 5.75 Å². The molecule has 1 nitrogen and oxygen atoms in total. The molecule has 0 saturated heterocycles. The summed E-state index contributed by atoms with van der Waals surface area (Å²) in [7, 11) is 1.74. The third-order valence-corrected chi connectivity index (χ3v) is 4.13. The van der Waals surface area contributed by atoms with Gasteiger partial charge in [-0.15, -0.1) is 0 Å². The van der Waals surface area contributed by atoms with Crippen LogP contribution in [0.3, 0.4) is 0 Å². The van der Waals surface area contributed by atoms with Crippen LogP contribution in [-0.4, -0.2) is 7.11 Å². The lowest BCUT2D eigenvalue weighted by Crippen LogP contribution is -2.11. The number of methoxy groups -OCH3 is 1. The van der Waals surface area contributed by atoms with Crippen LogP contribution in [0.1, 0.15) is 52.7 Å². The molecule has 0 aliphatic heterocycles. The average molecular weight is 296 g/mol. The molecule has 0 fully saturated rings. The highest BCUT2D eigenvalue weighted by Crippen LogP contribution is 2.35. The quantitative estimate of drug-likeness (QED) is 0.664. The molecular weight excluding hydrogens is 268 g/mol. The molecule has 0 heterocycles. The Kier molecular flexibility index (Phi) is 4.37. The Hall–Kier alpha value is -1.76. The highest BCUT2D eigenvalue weighted by molar-refractivity contribution is 5.71. The third kappa shape index (κ3) is 3.52. The maximum atomic E-state index is 5.63. The van der Waals surface area contributed by atoms with Gasteiger partial charge >= 0.3 is 0 Å². The van der Waals surface area contributed by atoms with Gasteiger partial charge in [-0.2, -0.15) is 0 Å². The molecule has 0 spiro atoms. The van der Waals surface area contributed by atoms with Crippen LogP contribution in [0.15, 0.2) is 42.5 Å². The Labute approximate surface area is 135 Å². The first-order chi connectivity index (χ1) is 10.1. The molecule has 1 heteroatoms. The second-order valence-corrected chi connectivity index (χ2v) is 7.99. The van der Waals surface area contributed by atoms with E-state index >= 15 is 0 Å². The van der Waals surface area contributed by atoms with Crippen LogP contribution < -0.4 is 4.74 Å². The number of benzene rings is 2. The summed E-state index contributed by atoms with van der Waals surface area (Å²) < 4.78 is 5.63. The minimum atomic E-state index is 0.127. The molecule has 2 rings (SSSR count). The first kappa shape index (κ1) is 16.6. The topological polar surface area (TPSA) is 9.23 Å². The van der Waals surface area contributed by atoms with Gasteiger partial charge in [0.25, 0.3) is 0 Å². The summed E-state index contributed by atoms with van der Waals surface area (Å²) in [6, 6.07) is 15.3. The first-order valence-corrected chi connectivity index (χ1v) is 7.92. The number of rotatable bonds is 2. The zero-order valence-corrected chi connectivity index (χ0v) is 14.9. The van der Waals surface area contributed by atoms with E-state index in [9.17, 15) is 0 Å². The van der Waals surface area contributed by atoms with E-state index in [4.69, 9.17) is 4.74 Å². The molecule has 2 aromatic rings. The third-order valence-electron chi connectivity index (χ3n) is 4.13. The molecule has 118 valence electrons. The fourth-order valence-electron chi connectivity index (χ4n) is 2.55. The van der Waals surface area contributed by atoms with Crippen molar-refractivity contribution in [2.75, 3.05) is 7.11 Å². The molecule has 22 heavy (non-hydrogen) atoms. The molecule has 0 radical (unpaired) electrons. The predicted octanol–water partition coefficient (Wildman–Crippen LogP) is 5.96. The highest BCUT2D eigenvalue weighted by atomic mass is 16.5. The Morgan fingerprint density at radius 1 is 0.682 bits per heavy atom. The zero-order valence-electron chi connectivity index (χ0n) is 14.9. The van der Waals surface area contributed by atoms with Crippen LogP contribution >= 0.6 is 0 Å². The predicted molar refractivity (Wildman–Crippen MR) is 95.8 cm³/mol. The molecule has 0 saturated carbocycles. The maximum absolute atomic E-state index is 5.63. The lowest BCUT2D eigenvalue weighted by atomic mass is 9.84. The van der Waals surface area contributed by atoms with Crippen molar-refractivity contribution in [3.8, 4) is 16.9 Å². The van der Waals surface area contributed by atoms with E-state index in [0.29, 0.717) is 0 Å². The molecule has 0 unspecified atom stereocenters. The maximum Gasteiger partial charge on any atom is 0.126 e. The fraction of sp³-hybridized carbons (Fsp3) is 0.429.